The molecule has 140 valence electrons. The summed E-state index contributed by atoms with van der Waals surface area (Å²) in [5.74, 6) is 2.05. The van der Waals surface area contributed by atoms with Gasteiger partial charge in [0, 0.05) is 25.2 Å². The molecule has 1 aliphatic heterocycles. The van der Waals surface area contributed by atoms with E-state index in [-0.39, 0.29) is 0 Å². The molecule has 0 aliphatic carbocycles. The van der Waals surface area contributed by atoms with Crippen molar-refractivity contribution < 1.29 is 14.2 Å². The van der Waals surface area contributed by atoms with Crippen LogP contribution >= 0.6 is 12.2 Å². The van der Waals surface area contributed by atoms with E-state index in [1.807, 2.05) is 26.0 Å². The maximum Gasteiger partial charge on any atom is 0.215 e. The minimum absolute atomic E-state index is 0.308. The molecular weight excluding hydrogens is 354 g/mol. The lowest BCUT2D eigenvalue weighted by molar-refractivity contribution is 0.122. The van der Waals surface area contributed by atoms with E-state index in [0.29, 0.717) is 37.0 Å². The third-order valence-electron chi connectivity index (χ3n) is 3.84. The Morgan fingerprint density at radius 3 is 2.62 bits per heavy atom. The summed E-state index contributed by atoms with van der Waals surface area (Å²) in [5, 5.41) is 9.80. The first-order valence-corrected chi connectivity index (χ1v) is 9.07. The molecule has 1 saturated heterocycles. The first kappa shape index (κ1) is 18.4. The van der Waals surface area contributed by atoms with Crippen LogP contribution in [0.15, 0.2) is 18.3 Å². The van der Waals surface area contributed by atoms with Gasteiger partial charge in [0.25, 0.3) is 0 Å². The molecule has 1 aliphatic rings. The minimum atomic E-state index is 0.308. The molecule has 0 saturated carbocycles. The van der Waals surface area contributed by atoms with Crippen LogP contribution in [-0.4, -0.2) is 54.7 Å². The van der Waals surface area contributed by atoms with Crippen LogP contribution in [0.4, 0.5) is 17.2 Å². The second-order valence-corrected chi connectivity index (χ2v) is 5.97. The molecule has 0 bridgehead atoms. The number of benzene rings is 1. The fraction of sp³-hybridized carbons (Fsp3) is 0.471. The van der Waals surface area contributed by atoms with Gasteiger partial charge in [-0.25, -0.2) is 0 Å². The molecule has 26 heavy (non-hydrogen) atoms. The Hall–Kier alpha value is -2.39. The molecule has 0 amide bonds. The Morgan fingerprint density at radius 1 is 1.19 bits per heavy atom. The van der Waals surface area contributed by atoms with Gasteiger partial charge in [-0.05, 0) is 26.1 Å². The second kappa shape index (κ2) is 8.81. The lowest BCUT2D eigenvalue weighted by atomic mass is 10.2. The summed E-state index contributed by atoms with van der Waals surface area (Å²) in [5.41, 5.74) is 1.75. The molecule has 3 rings (SSSR count). The normalized spacial score (nSPS) is 14.2. The van der Waals surface area contributed by atoms with Gasteiger partial charge in [-0.1, -0.05) is 0 Å². The Labute approximate surface area is 157 Å². The lowest BCUT2D eigenvalue weighted by Gasteiger charge is -2.31. The van der Waals surface area contributed by atoms with Gasteiger partial charge in [0.1, 0.15) is 11.5 Å². The summed E-state index contributed by atoms with van der Waals surface area (Å²) in [4.78, 5) is 6.47. The third kappa shape index (κ3) is 4.41. The summed E-state index contributed by atoms with van der Waals surface area (Å²) >= 11 is 5.03. The van der Waals surface area contributed by atoms with E-state index in [0.717, 1.165) is 36.0 Å². The van der Waals surface area contributed by atoms with Crippen molar-refractivity contribution in [1.29, 1.82) is 0 Å². The number of H-pyrrole nitrogens is 1. The molecule has 2 N–H and O–H groups in total. The van der Waals surface area contributed by atoms with Gasteiger partial charge in [-0.15, -0.1) is 0 Å². The van der Waals surface area contributed by atoms with E-state index in [4.69, 9.17) is 26.4 Å². The molecule has 8 nitrogen and oxygen atoms in total. The van der Waals surface area contributed by atoms with Gasteiger partial charge >= 0.3 is 0 Å². The van der Waals surface area contributed by atoms with Crippen LogP contribution in [-0.2, 0) is 4.74 Å². The number of hydrogen-bond donors (Lipinski definition) is 2. The van der Waals surface area contributed by atoms with Gasteiger partial charge < -0.3 is 24.4 Å². The molecular formula is C17H23N5O3S. The SMILES string of the molecule is CCOc1cc(N2CCOCC2)c(OCC)cc1Nc1cn[nH]c(=S)n1. The van der Waals surface area contributed by atoms with Gasteiger partial charge in [0.05, 0.1) is 44.0 Å². The summed E-state index contributed by atoms with van der Waals surface area (Å²) in [7, 11) is 0. The van der Waals surface area contributed by atoms with E-state index in [9.17, 15) is 0 Å². The molecule has 0 spiro atoms. The van der Waals surface area contributed by atoms with Crippen LogP contribution in [0.5, 0.6) is 11.5 Å². The van der Waals surface area contributed by atoms with Crippen molar-refractivity contribution in [3.05, 3.63) is 23.1 Å². The number of anilines is 3. The zero-order valence-electron chi connectivity index (χ0n) is 14.9. The van der Waals surface area contributed by atoms with E-state index < -0.39 is 0 Å². The molecule has 0 atom stereocenters. The maximum absolute atomic E-state index is 5.88. The predicted octanol–water partition coefficient (Wildman–Crippen LogP) is 2.91. The Morgan fingerprint density at radius 2 is 1.92 bits per heavy atom. The largest absolute Gasteiger partial charge is 0.492 e. The van der Waals surface area contributed by atoms with E-state index in [1.165, 1.54) is 0 Å². The molecule has 0 radical (unpaired) electrons. The fourth-order valence-corrected chi connectivity index (χ4v) is 2.91. The van der Waals surface area contributed by atoms with Crippen LogP contribution < -0.4 is 19.7 Å². The van der Waals surface area contributed by atoms with Crippen LogP contribution in [0, 0.1) is 4.77 Å². The van der Waals surface area contributed by atoms with Crippen molar-refractivity contribution in [3.63, 3.8) is 0 Å². The smallest absolute Gasteiger partial charge is 0.215 e. The molecule has 2 heterocycles. The standard InChI is InChI=1S/C17H23N5O3S/c1-3-24-14-10-13(22-5-7-23-8-6-22)15(25-4-2)9-12(14)19-16-11-18-21-17(26)20-16/h9-11H,3-8H2,1-2H3,(H2,19,20,21,26). The summed E-state index contributed by atoms with van der Waals surface area (Å²) in [6.07, 6.45) is 1.57. The summed E-state index contributed by atoms with van der Waals surface area (Å²) in [6, 6.07) is 3.93. The van der Waals surface area contributed by atoms with E-state index in [2.05, 4.69) is 25.4 Å². The number of nitrogens with one attached hydrogen (secondary N) is 2. The highest BCUT2D eigenvalue weighted by Gasteiger charge is 2.19. The average Bonchev–Trinajstić information content (AvgIpc) is 2.65. The number of ether oxygens (including phenoxy) is 3. The van der Waals surface area contributed by atoms with Crippen LogP contribution in [0.1, 0.15) is 13.8 Å². The van der Waals surface area contributed by atoms with Crippen LogP contribution in [0.3, 0.4) is 0 Å². The number of morpholine rings is 1. The molecule has 1 aromatic heterocycles. The van der Waals surface area contributed by atoms with Crippen molar-refractivity contribution >= 4 is 29.4 Å². The molecule has 2 aromatic rings. The zero-order chi connectivity index (χ0) is 18.4. The Bertz CT molecular complexity index is 792. The predicted molar refractivity (Wildman–Crippen MR) is 102 cm³/mol. The highest BCUT2D eigenvalue weighted by atomic mass is 32.1. The average molecular weight is 377 g/mol. The monoisotopic (exact) mass is 377 g/mol. The lowest BCUT2D eigenvalue weighted by Crippen LogP contribution is -2.36. The third-order valence-corrected chi connectivity index (χ3v) is 4.03. The van der Waals surface area contributed by atoms with Crippen molar-refractivity contribution in [1.82, 2.24) is 15.2 Å². The Kier molecular flexibility index (Phi) is 6.24. The number of aromatic nitrogens is 3. The van der Waals surface area contributed by atoms with Gasteiger partial charge in [0.2, 0.25) is 4.77 Å². The minimum Gasteiger partial charge on any atom is -0.492 e. The quantitative estimate of drug-likeness (QED) is 0.713. The molecule has 1 fully saturated rings. The van der Waals surface area contributed by atoms with Crippen molar-refractivity contribution in [2.75, 3.05) is 49.7 Å². The Balaban J connectivity index is 1.99. The number of aromatic amines is 1. The van der Waals surface area contributed by atoms with Gasteiger partial charge in [0.15, 0.2) is 5.82 Å². The van der Waals surface area contributed by atoms with Gasteiger partial charge in [-0.2, -0.15) is 10.1 Å². The highest BCUT2D eigenvalue weighted by molar-refractivity contribution is 7.71. The van der Waals surface area contributed by atoms with Crippen LogP contribution in [0.2, 0.25) is 0 Å². The topological polar surface area (TPSA) is 84.5 Å². The number of rotatable bonds is 7. The van der Waals surface area contributed by atoms with Crippen molar-refractivity contribution in [2.45, 2.75) is 13.8 Å². The fourth-order valence-electron chi connectivity index (χ4n) is 2.75. The summed E-state index contributed by atoms with van der Waals surface area (Å²) in [6.45, 7) is 8.07. The molecule has 0 unspecified atom stereocenters. The summed E-state index contributed by atoms with van der Waals surface area (Å²) < 4.78 is 17.5. The van der Waals surface area contributed by atoms with Gasteiger partial charge in [-0.3, -0.25) is 5.10 Å². The van der Waals surface area contributed by atoms with Crippen molar-refractivity contribution in [3.8, 4) is 11.5 Å². The van der Waals surface area contributed by atoms with E-state index >= 15 is 0 Å². The molecule has 1 aromatic carbocycles. The zero-order valence-corrected chi connectivity index (χ0v) is 15.8. The maximum atomic E-state index is 5.88. The van der Waals surface area contributed by atoms with Crippen LogP contribution in [0.25, 0.3) is 0 Å². The number of hydrogen-bond acceptors (Lipinski definition) is 8. The second-order valence-electron chi connectivity index (χ2n) is 5.58. The first-order valence-electron chi connectivity index (χ1n) is 8.66. The molecule has 9 heteroatoms. The highest BCUT2D eigenvalue weighted by Crippen LogP contribution is 2.40. The number of nitrogens with zero attached hydrogens (tertiary/aromatic N) is 3. The van der Waals surface area contributed by atoms with E-state index in [1.54, 1.807) is 6.20 Å². The first-order chi connectivity index (χ1) is 12.7. The van der Waals surface area contributed by atoms with Crippen molar-refractivity contribution in [2.24, 2.45) is 0 Å².